The molecule has 0 radical (unpaired) electrons. The van der Waals surface area contributed by atoms with Crippen LogP contribution in [0.4, 0.5) is 0 Å². The number of carbonyl (C=O) groups is 1. The Kier molecular flexibility index (Phi) is 5.25. The van der Waals surface area contributed by atoms with Crippen LogP contribution in [-0.4, -0.2) is 22.4 Å². The minimum atomic E-state index is 0.00785. The van der Waals surface area contributed by atoms with Crippen LogP contribution >= 0.6 is 22.7 Å². The van der Waals surface area contributed by atoms with Crippen molar-refractivity contribution in [3.63, 3.8) is 0 Å². The summed E-state index contributed by atoms with van der Waals surface area (Å²) < 4.78 is 0. The molecular weight excluding hydrogens is 290 g/mol. The van der Waals surface area contributed by atoms with Gasteiger partial charge in [0, 0.05) is 11.4 Å². The summed E-state index contributed by atoms with van der Waals surface area (Å²) >= 11 is 3.16. The molecule has 0 spiro atoms. The summed E-state index contributed by atoms with van der Waals surface area (Å²) in [7, 11) is 0. The Bertz CT molecular complexity index is 589. The van der Waals surface area contributed by atoms with Crippen molar-refractivity contribution in [2.75, 3.05) is 6.54 Å². The predicted molar refractivity (Wildman–Crippen MR) is 83.7 cm³/mol. The summed E-state index contributed by atoms with van der Waals surface area (Å²) in [4.78, 5) is 22.8. The first-order valence-electron chi connectivity index (χ1n) is 6.75. The topological polar surface area (TPSA) is 54.9 Å². The molecule has 0 aromatic carbocycles. The van der Waals surface area contributed by atoms with Crippen LogP contribution in [0.15, 0.2) is 5.51 Å². The van der Waals surface area contributed by atoms with E-state index in [2.05, 4.69) is 15.3 Å². The molecule has 4 nitrogen and oxygen atoms in total. The molecule has 0 aliphatic heterocycles. The molecule has 20 heavy (non-hydrogen) atoms. The van der Waals surface area contributed by atoms with E-state index >= 15 is 0 Å². The highest BCUT2D eigenvalue weighted by Gasteiger charge is 2.14. The van der Waals surface area contributed by atoms with Crippen molar-refractivity contribution in [2.45, 2.75) is 40.0 Å². The number of aromatic nitrogens is 2. The summed E-state index contributed by atoms with van der Waals surface area (Å²) in [6.45, 7) is 6.68. The summed E-state index contributed by atoms with van der Waals surface area (Å²) in [5.74, 6) is 0.00785. The molecule has 1 N–H and O–H groups in total. The average molecular weight is 309 g/mol. The lowest BCUT2D eigenvalue weighted by Gasteiger charge is -2.04. The van der Waals surface area contributed by atoms with Crippen LogP contribution in [0.5, 0.6) is 0 Å². The second kappa shape index (κ2) is 6.95. The quantitative estimate of drug-likeness (QED) is 0.834. The van der Waals surface area contributed by atoms with Crippen molar-refractivity contribution in [1.29, 1.82) is 0 Å². The molecule has 2 rings (SSSR count). The van der Waals surface area contributed by atoms with Crippen molar-refractivity contribution >= 4 is 28.6 Å². The zero-order chi connectivity index (χ0) is 14.5. The van der Waals surface area contributed by atoms with Gasteiger partial charge < -0.3 is 5.32 Å². The van der Waals surface area contributed by atoms with Crippen LogP contribution in [0.25, 0.3) is 0 Å². The molecule has 0 saturated carbocycles. The smallest absolute Gasteiger partial charge is 0.263 e. The second-order valence-corrected chi connectivity index (χ2v) is 6.73. The zero-order valence-electron chi connectivity index (χ0n) is 12.0. The first-order valence-corrected chi connectivity index (χ1v) is 8.45. The lowest BCUT2D eigenvalue weighted by Crippen LogP contribution is -2.24. The fourth-order valence-corrected chi connectivity index (χ4v) is 3.73. The number of thiazole rings is 2. The van der Waals surface area contributed by atoms with E-state index in [0.717, 1.165) is 40.5 Å². The third kappa shape index (κ3) is 3.64. The van der Waals surface area contributed by atoms with E-state index in [1.165, 1.54) is 16.2 Å². The number of nitrogens with zero attached hydrogens (tertiary/aromatic N) is 2. The summed E-state index contributed by atoms with van der Waals surface area (Å²) in [6.07, 6.45) is 2.71. The Morgan fingerprint density at radius 2 is 2.20 bits per heavy atom. The van der Waals surface area contributed by atoms with Crippen LogP contribution in [0.1, 0.15) is 44.3 Å². The first kappa shape index (κ1) is 15.1. The van der Waals surface area contributed by atoms with Gasteiger partial charge in [0.15, 0.2) is 0 Å². The second-order valence-electron chi connectivity index (χ2n) is 4.58. The fraction of sp³-hybridized carbons (Fsp3) is 0.500. The third-order valence-corrected chi connectivity index (χ3v) is 5.06. The van der Waals surface area contributed by atoms with Crippen LogP contribution in [0.3, 0.4) is 0 Å². The molecule has 0 unspecified atom stereocenters. The van der Waals surface area contributed by atoms with E-state index in [1.807, 2.05) is 26.3 Å². The Morgan fingerprint density at radius 3 is 2.85 bits per heavy atom. The maximum absolute atomic E-state index is 12.1. The summed E-state index contributed by atoms with van der Waals surface area (Å²) in [5, 5.41) is 3.94. The Hall–Kier alpha value is -1.27. The highest BCUT2D eigenvalue weighted by atomic mass is 32.1. The fourth-order valence-electron chi connectivity index (χ4n) is 1.98. The molecule has 108 valence electrons. The SMILES string of the molecule is CCc1nc(C)sc1C(=O)NCCCc1scnc1C. The van der Waals surface area contributed by atoms with Gasteiger partial charge >= 0.3 is 0 Å². The Morgan fingerprint density at radius 1 is 1.40 bits per heavy atom. The van der Waals surface area contributed by atoms with Gasteiger partial charge in [-0.15, -0.1) is 22.7 Å². The molecule has 1 amide bonds. The number of amides is 1. The van der Waals surface area contributed by atoms with E-state index in [-0.39, 0.29) is 5.91 Å². The maximum Gasteiger partial charge on any atom is 0.263 e. The predicted octanol–water partition coefficient (Wildman–Crippen LogP) is 3.14. The van der Waals surface area contributed by atoms with Crippen LogP contribution in [0.2, 0.25) is 0 Å². The lowest BCUT2D eigenvalue weighted by atomic mass is 10.2. The molecular formula is C14H19N3OS2. The molecule has 0 atom stereocenters. The number of rotatable bonds is 6. The number of carbonyl (C=O) groups excluding carboxylic acids is 1. The molecule has 0 bridgehead atoms. The zero-order valence-corrected chi connectivity index (χ0v) is 13.7. The lowest BCUT2D eigenvalue weighted by molar-refractivity contribution is 0.0956. The van der Waals surface area contributed by atoms with Gasteiger partial charge in [-0.25, -0.2) is 9.97 Å². The van der Waals surface area contributed by atoms with Gasteiger partial charge in [-0.1, -0.05) is 6.92 Å². The largest absolute Gasteiger partial charge is 0.351 e. The Balaban J connectivity index is 1.82. The molecule has 2 aromatic rings. The van der Waals surface area contributed by atoms with Gasteiger partial charge in [0.2, 0.25) is 0 Å². The summed E-state index contributed by atoms with van der Waals surface area (Å²) in [6, 6.07) is 0. The monoisotopic (exact) mass is 309 g/mol. The normalized spacial score (nSPS) is 10.8. The van der Waals surface area contributed by atoms with Gasteiger partial charge in [-0.2, -0.15) is 0 Å². The number of aryl methyl sites for hydroxylation is 4. The number of nitrogens with one attached hydrogen (secondary N) is 1. The highest BCUT2D eigenvalue weighted by molar-refractivity contribution is 7.13. The maximum atomic E-state index is 12.1. The number of hydrogen-bond acceptors (Lipinski definition) is 5. The van der Waals surface area contributed by atoms with E-state index in [4.69, 9.17) is 0 Å². The van der Waals surface area contributed by atoms with E-state index in [1.54, 1.807) is 11.3 Å². The van der Waals surface area contributed by atoms with Crippen LogP contribution in [0, 0.1) is 13.8 Å². The van der Waals surface area contributed by atoms with Crippen molar-refractivity contribution in [2.24, 2.45) is 0 Å². The van der Waals surface area contributed by atoms with E-state index in [9.17, 15) is 4.79 Å². The van der Waals surface area contributed by atoms with Crippen molar-refractivity contribution in [3.05, 3.63) is 31.7 Å². The molecule has 0 aliphatic rings. The van der Waals surface area contributed by atoms with Gasteiger partial charge in [0.25, 0.3) is 5.91 Å². The molecule has 2 heterocycles. The first-order chi connectivity index (χ1) is 9.61. The summed E-state index contributed by atoms with van der Waals surface area (Å²) in [5.41, 5.74) is 3.88. The molecule has 0 fully saturated rings. The van der Waals surface area contributed by atoms with Gasteiger partial charge in [0.1, 0.15) is 4.88 Å². The van der Waals surface area contributed by atoms with Crippen LogP contribution < -0.4 is 5.32 Å². The van der Waals surface area contributed by atoms with E-state index < -0.39 is 0 Å². The minimum Gasteiger partial charge on any atom is -0.351 e. The molecule has 0 aliphatic carbocycles. The van der Waals surface area contributed by atoms with Crippen molar-refractivity contribution in [3.8, 4) is 0 Å². The number of hydrogen-bond donors (Lipinski definition) is 1. The van der Waals surface area contributed by atoms with E-state index in [0.29, 0.717) is 6.54 Å². The average Bonchev–Trinajstić information content (AvgIpc) is 3.00. The highest BCUT2D eigenvalue weighted by Crippen LogP contribution is 2.18. The standard InChI is InChI=1S/C14H19N3OS2/c1-4-11-13(20-10(3)17-11)14(18)15-7-5-6-12-9(2)16-8-19-12/h8H,4-7H2,1-3H3,(H,15,18). The van der Waals surface area contributed by atoms with Crippen molar-refractivity contribution < 1.29 is 4.79 Å². The van der Waals surface area contributed by atoms with Crippen LogP contribution in [-0.2, 0) is 12.8 Å². The van der Waals surface area contributed by atoms with Gasteiger partial charge in [-0.3, -0.25) is 4.79 Å². The molecule has 6 heteroatoms. The van der Waals surface area contributed by atoms with Crippen molar-refractivity contribution in [1.82, 2.24) is 15.3 Å². The van der Waals surface area contributed by atoms with Gasteiger partial charge in [0.05, 0.1) is 21.9 Å². The minimum absolute atomic E-state index is 0.00785. The third-order valence-electron chi connectivity index (χ3n) is 3.06. The molecule has 0 saturated heterocycles. The molecule has 2 aromatic heterocycles. The Labute approximate surface area is 127 Å². The van der Waals surface area contributed by atoms with Gasteiger partial charge in [-0.05, 0) is 33.1 Å².